The molecule has 0 aromatic heterocycles. The molecule has 1 aromatic rings. The van der Waals surface area contributed by atoms with Crippen molar-refractivity contribution in [2.24, 2.45) is 0 Å². The first-order chi connectivity index (χ1) is 8.93. The van der Waals surface area contributed by atoms with Crippen LogP contribution in [0, 0.1) is 0 Å². The Morgan fingerprint density at radius 3 is 2.68 bits per heavy atom. The maximum absolute atomic E-state index is 13.1. The summed E-state index contributed by atoms with van der Waals surface area (Å²) >= 11 is 0. The first-order valence-electron chi connectivity index (χ1n) is 5.93. The molecule has 1 aromatic carbocycles. The summed E-state index contributed by atoms with van der Waals surface area (Å²) in [4.78, 5) is 11.3. The molecule has 1 fully saturated rings. The fourth-order valence-corrected chi connectivity index (χ4v) is 2.32. The molecular weight excluding hydrogens is 259 g/mol. The molecule has 2 rings (SSSR count). The molecule has 0 spiro atoms. The van der Waals surface area contributed by atoms with Crippen LogP contribution in [-0.4, -0.2) is 26.2 Å². The van der Waals surface area contributed by atoms with Gasteiger partial charge >= 0.3 is 12.1 Å². The number of nitrogens with one attached hydrogen (secondary N) is 1. The number of carbonyl (C=O) groups excluding carboxylic acids is 1. The normalized spacial score (nSPS) is 19.5. The molecule has 3 nitrogen and oxygen atoms in total. The van der Waals surface area contributed by atoms with Crippen molar-refractivity contribution in [3.05, 3.63) is 34.9 Å². The van der Waals surface area contributed by atoms with Gasteiger partial charge in [-0.15, -0.1) is 0 Å². The van der Waals surface area contributed by atoms with E-state index in [9.17, 15) is 18.0 Å². The van der Waals surface area contributed by atoms with Gasteiger partial charge in [0.15, 0.2) is 0 Å². The summed E-state index contributed by atoms with van der Waals surface area (Å²) in [6, 6.07) is 3.64. The minimum absolute atomic E-state index is 0.0791. The van der Waals surface area contributed by atoms with Crippen LogP contribution < -0.4 is 5.32 Å². The van der Waals surface area contributed by atoms with Crippen molar-refractivity contribution >= 4 is 5.97 Å². The highest BCUT2D eigenvalue weighted by Gasteiger charge is 2.36. The van der Waals surface area contributed by atoms with Crippen LogP contribution in [0.15, 0.2) is 18.2 Å². The lowest BCUT2D eigenvalue weighted by molar-refractivity contribution is -0.138. The minimum Gasteiger partial charge on any atom is -0.465 e. The molecule has 0 radical (unpaired) electrons. The first-order valence-corrected chi connectivity index (χ1v) is 5.93. The highest BCUT2D eigenvalue weighted by atomic mass is 19.4. The third kappa shape index (κ3) is 2.89. The third-order valence-electron chi connectivity index (χ3n) is 3.28. The molecular formula is C13H14F3NO2. The lowest BCUT2D eigenvalue weighted by Gasteiger charge is -2.18. The van der Waals surface area contributed by atoms with Gasteiger partial charge in [-0.05, 0) is 36.6 Å². The SMILES string of the molecule is COC(=O)c1ccc(C2CCNC2)c(C(F)(F)F)c1. The average molecular weight is 273 g/mol. The molecule has 1 aliphatic rings. The Kier molecular flexibility index (Phi) is 3.80. The number of rotatable bonds is 2. The van der Waals surface area contributed by atoms with Crippen molar-refractivity contribution in [2.75, 3.05) is 20.2 Å². The largest absolute Gasteiger partial charge is 0.465 e. The number of carbonyl (C=O) groups is 1. The Morgan fingerprint density at radius 2 is 2.16 bits per heavy atom. The van der Waals surface area contributed by atoms with Crippen molar-refractivity contribution in [1.29, 1.82) is 0 Å². The maximum Gasteiger partial charge on any atom is 0.416 e. The number of benzene rings is 1. The molecule has 0 aliphatic carbocycles. The molecule has 104 valence electrons. The fourth-order valence-electron chi connectivity index (χ4n) is 2.32. The van der Waals surface area contributed by atoms with Crippen molar-refractivity contribution in [3.63, 3.8) is 0 Å². The molecule has 0 amide bonds. The summed E-state index contributed by atoms with van der Waals surface area (Å²) in [5.74, 6) is -0.926. The molecule has 1 atom stereocenters. The van der Waals surface area contributed by atoms with Gasteiger partial charge in [0.1, 0.15) is 0 Å². The second-order valence-corrected chi connectivity index (χ2v) is 4.48. The molecule has 0 bridgehead atoms. The van der Waals surface area contributed by atoms with Crippen LogP contribution in [0.1, 0.15) is 33.8 Å². The second kappa shape index (κ2) is 5.21. The maximum atomic E-state index is 13.1. The van der Waals surface area contributed by atoms with Crippen LogP contribution in [0.4, 0.5) is 13.2 Å². The Morgan fingerprint density at radius 1 is 1.42 bits per heavy atom. The van der Waals surface area contributed by atoms with Gasteiger partial charge in [0.05, 0.1) is 18.2 Å². The van der Waals surface area contributed by atoms with Gasteiger partial charge in [0, 0.05) is 6.54 Å². The third-order valence-corrected chi connectivity index (χ3v) is 3.28. The van der Waals surface area contributed by atoms with Gasteiger partial charge in [-0.25, -0.2) is 4.79 Å². The van der Waals surface area contributed by atoms with Gasteiger partial charge in [-0.1, -0.05) is 6.07 Å². The van der Waals surface area contributed by atoms with Crippen LogP contribution in [0.25, 0.3) is 0 Å². The van der Waals surface area contributed by atoms with Gasteiger partial charge in [0.25, 0.3) is 0 Å². The van der Waals surface area contributed by atoms with Crippen molar-refractivity contribution in [2.45, 2.75) is 18.5 Å². The Hall–Kier alpha value is -1.56. The standard InChI is InChI=1S/C13H14F3NO2/c1-19-12(18)8-2-3-10(9-4-5-17-7-9)11(6-8)13(14,15)16/h2-3,6,9,17H,4-5,7H2,1H3. The molecule has 1 unspecified atom stereocenters. The van der Waals surface area contributed by atoms with E-state index in [0.29, 0.717) is 19.5 Å². The molecule has 6 heteroatoms. The summed E-state index contributed by atoms with van der Waals surface area (Å²) in [7, 11) is 1.14. The summed E-state index contributed by atoms with van der Waals surface area (Å²) in [5, 5.41) is 3.04. The van der Waals surface area contributed by atoms with Crippen molar-refractivity contribution in [3.8, 4) is 0 Å². The monoisotopic (exact) mass is 273 g/mol. The van der Waals surface area contributed by atoms with Crippen LogP contribution in [0.5, 0.6) is 0 Å². The quantitative estimate of drug-likeness (QED) is 0.842. The zero-order valence-electron chi connectivity index (χ0n) is 10.4. The van der Waals surface area contributed by atoms with E-state index in [1.165, 1.54) is 12.1 Å². The predicted octanol–water partition coefficient (Wildman–Crippen LogP) is 2.57. The first kappa shape index (κ1) is 13.9. The van der Waals surface area contributed by atoms with Gasteiger partial charge < -0.3 is 10.1 Å². The minimum atomic E-state index is -4.47. The fraction of sp³-hybridized carbons (Fsp3) is 0.462. The number of hydrogen-bond donors (Lipinski definition) is 1. The zero-order chi connectivity index (χ0) is 14.0. The van der Waals surface area contributed by atoms with Gasteiger partial charge in [0.2, 0.25) is 0 Å². The van der Waals surface area contributed by atoms with Crippen LogP contribution in [0.3, 0.4) is 0 Å². The highest BCUT2D eigenvalue weighted by Crippen LogP contribution is 2.37. The van der Waals surface area contributed by atoms with Crippen molar-refractivity contribution < 1.29 is 22.7 Å². The molecule has 0 saturated carbocycles. The zero-order valence-corrected chi connectivity index (χ0v) is 10.4. The highest BCUT2D eigenvalue weighted by molar-refractivity contribution is 5.89. The van der Waals surface area contributed by atoms with E-state index in [2.05, 4.69) is 10.1 Å². The van der Waals surface area contributed by atoms with Crippen LogP contribution >= 0.6 is 0 Å². The van der Waals surface area contributed by atoms with E-state index in [1.54, 1.807) is 0 Å². The van der Waals surface area contributed by atoms with E-state index in [1.807, 2.05) is 0 Å². The number of hydrogen-bond acceptors (Lipinski definition) is 3. The molecule has 1 heterocycles. The Bertz CT molecular complexity index is 479. The molecule has 19 heavy (non-hydrogen) atoms. The van der Waals surface area contributed by atoms with E-state index in [4.69, 9.17) is 0 Å². The van der Waals surface area contributed by atoms with Gasteiger partial charge in [-0.3, -0.25) is 0 Å². The molecule has 1 aliphatic heterocycles. The predicted molar refractivity (Wildman–Crippen MR) is 63.0 cm³/mol. The Balaban J connectivity index is 2.45. The van der Waals surface area contributed by atoms with Crippen LogP contribution in [0.2, 0.25) is 0 Å². The summed E-state index contributed by atoms with van der Waals surface area (Å²) in [5.41, 5.74) is -0.584. The summed E-state index contributed by atoms with van der Waals surface area (Å²) < 4.78 is 43.7. The summed E-state index contributed by atoms with van der Waals surface area (Å²) in [6.45, 7) is 1.24. The number of esters is 1. The lowest BCUT2D eigenvalue weighted by Crippen LogP contribution is -2.16. The van der Waals surface area contributed by atoms with Crippen LogP contribution in [-0.2, 0) is 10.9 Å². The average Bonchev–Trinajstić information content (AvgIpc) is 2.90. The molecule has 1 saturated heterocycles. The van der Waals surface area contributed by atoms with E-state index >= 15 is 0 Å². The van der Waals surface area contributed by atoms with E-state index in [-0.39, 0.29) is 17.0 Å². The number of methoxy groups -OCH3 is 1. The Labute approximate surface area is 108 Å². The number of ether oxygens (including phenoxy) is 1. The molecule has 1 N–H and O–H groups in total. The van der Waals surface area contributed by atoms with E-state index < -0.39 is 17.7 Å². The smallest absolute Gasteiger partial charge is 0.416 e. The topological polar surface area (TPSA) is 38.3 Å². The van der Waals surface area contributed by atoms with Gasteiger partial charge in [-0.2, -0.15) is 13.2 Å². The van der Waals surface area contributed by atoms with Crippen molar-refractivity contribution in [1.82, 2.24) is 5.32 Å². The number of halogens is 3. The number of alkyl halides is 3. The lowest BCUT2D eigenvalue weighted by atomic mass is 9.91. The second-order valence-electron chi connectivity index (χ2n) is 4.48. The summed E-state index contributed by atoms with van der Waals surface area (Å²) in [6.07, 6.45) is -3.80. The van der Waals surface area contributed by atoms with E-state index in [0.717, 1.165) is 13.2 Å².